The van der Waals surface area contributed by atoms with E-state index in [9.17, 15) is 22.4 Å². The molecule has 0 fully saturated rings. The van der Waals surface area contributed by atoms with Crippen LogP contribution in [0, 0.1) is 12.7 Å². The molecule has 0 radical (unpaired) electrons. The van der Waals surface area contributed by atoms with Crippen molar-refractivity contribution in [1.29, 1.82) is 0 Å². The van der Waals surface area contributed by atoms with Crippen molar-refractivity contribution in [2.24, 2.45) is 0 Å². The van der Waals surface area contributed by atoms with Gasteiger partial charge in [0.2, 0.25) is 11.7 Å². The van der Waals surface area contributed by atoms with Gasteiger partial charge in [0.1, 0.15) is 5.82 Å². The number of halogens is 4. The fraction of sp³-hybridized carbons (Fsp3) is 0.167. The zero-order valence-electron chi connectivity index (χ0n) is 9.95. The van der Waals surface area contributed by atoms with Crippen LogP contribution in [0.4, 0.5) is 17.6 Å². The molecular weight excluding hydrogens is 282 g/mol. The number of hydrogen-bond acceptors (Lipinski definition) is 3. The number of aromatic nitrogens is 1. The van der Waals surface area contributed by atoms with Gasteiger partial charge in [-0.25, -0.2) is 14.2 Å². The predicted octanol–water partition coefficient (Wildman–Crippen LogP) is 3.51. The zero-order chi connectivity index (χ0) is 15.1. The summed E-state index contributed by atoms with van der Waals surface area (Å²) in [5.74, 6) is -4.87. The second-order valence-electron chi connectivity index (χ2n) is 3.98. The molecule has 4 nitrogen and oxygen atoms in total. The summed E-state index contributed by atoms with van der Waals surface area (Å²) < 4.78 is 56.1. The molecule has 0 saturated carbocycles. The van der Waals surface area contributed by atoms with E-state index in [-0.39, 0.29) is 5.56 Å². The Hall–Kier alpha value is -2.38. The van der Waals surface area contributed by atoms with Crippen LogP contribution in [0.1, 0.15) is 21.8 Å². The van der Waals surface area contributed by atoms with Crippen LogP contribution in [-0.2, 0) is 6.18 Å². The SMILES string of the molecule is Cc1ccc(-c2nc(C(F)(F)F)c(C(=O)O)o2)c(F)c1. The number of aromatic carboxylic acids is 1. The van der Waals surface area contributed by atoms with Gasteiger partial charge < -0.3 is 9.52 Å². The minimum absolute atomic E-state index is 0.339. The number of alkyl halides is 3. The second-order valence-corrected chi connectivity index (χ2v) is 3.98. The number of benzene rings is 1. The zero-order valence-corrected chi connectivity index (χ0v) is 9.95. The van der Waals surface area contributed by atoms with Gasteiger partial charge in [-0.15, -0.1) is 0 Å². The lowest BCUT2D eigenvalue weighted by Gasteiger charge is -2.01. The summed E-state index contributed by atoms with van der Waals surface area (Å²) in [6.45, 7) is 1.59. The lowest BCUT2D eigenvalue weighted by atomic mass is 10.1. The lowest BCUT2D eigenvalue weighted by Crippen LogP contribution is -2.11. The summed E-state index contributed by atoms with van der Waals surface area (Å²) in [6, 6.07) is 3.69. The van der Waals surface area contributed by atoms with E-state index in [0.717, 1.165) is 6.07 Å². The molecule has 0 atom stereocenters. The first-order valence-electron chi connectivity index (χ1n) is 5.28. The Labute approximate surface area is 109 Å². The molecule has 1 aromatic carbocycles. The van der Waals surface area contributed by atoms with Crippen LogP contribution in [0.3, 0.4) is 0 Å². The third kappa shape index (κ3) is 2.49. The Morgan fingerprint density at radius 2 is 2.00 bits per heavy atom. The summed E-state index contributed by atoms with van der Waals surface area (Å²) in [4.78, 5) is 13.8. The Morgan fingerprint density at radius 1 is 1.35 bits per heavy atom. The number of carboxylic acids is 1. The standard InChI is InChI=1S/C12H7F4NO3/c1-5-2-3-6(7(13)4-5)10-17-9(12(14,15)16)8(20-10)11(18)19/h2-4H,1H3,(H,18,19). The number of nitrogens with zero attached hydrogens (tertiary/aromatic N) is 1. The first kappa shape index (κ1) is 14.0. The van der Waals surface area contributed by atoms with Crippen LogP contribution in [0.5, 0.6) is 0 Å². The summed E-state index contributed by atoms with van der Waals surface area (Å²) in [5.41, 5.74) is -1.49. The molecular formula is C12H7F4NO3. The van der Waals surface area contributed by atoms with Crippen molar-refractivity contribution >= 4 is 5.97 Å². The topological polar surface area (TPSA) is 63.3 Å². The molecule has 0 aliphatic carbocycles. The number of rotatable bonds is 2. The number of oxazole rings is 1. The highest BCUT2D eigenvalue weighted by Crippen LogP contribution is 2.35. The van der Waals surface area contributed by atoms with Crippen LogP contribution in [0.2, 0.25) is 0 Å². The largest absolute Gasteiger partial charge is 0.475 e. The van der Waals surface area contributed by atoms with Crippen molar-refractivity contribution in [3.63, 3.8) is 0 Å². The molecule has 1 N–H and O–H groups in total. The van der Waals surface area contributed by atoms with Crippen LogP contribution in [0.25, 0.3) is 11.5 Å². The van der Waals surface area contributed by atoms with E-state index in [4.69, 9.17) is 5.11 Å². The van der Waals surface area contributed by atoms with Crippen LogP contribution in [0.15, 0.2) is 22.6 Å². The van der Waals surface area contributed by atoms with Crippen LogP contribution in [-0.4, -0.2) is 16.1 Å². The normalized spacial score (nSPS) is 11.7. The van der Waals surface area contributed by atoms with Gasteiger partial charge in [0, 0.05) is 0 Å². The summed E-state index contributed by atoms with van der Waals surface area (Å²) >= 11 is 0. The molecule has 0 unspecified atom stereocenters. The summed E-state index contributed by atoms with van der Waals surface area (Å²) in [6.07, 6.45) is -5.00. The first-order valence-corrected chi connectivity index (χ1v) is 5.28. The van der Waals surface area contributed by atoms with Crippen molar-refractivity contribution in [1.82, 2.24) is 4.98 Å². The average Bonchev–Trinajstić information content (AvgIpc) is 2.73. The Morgan fingerprint density at radius 3 is 2.45 bits per heavy atom. The molecule has 0 saturated heterocycles. The highest BCUT2D eigenvalue weighted by atomic mass is 19.4. The van der Waals surface area contributed by atoms with E-state index in [1.807, 2.05) is 0 Å². The number of carbonyl (C=O) groups is 1. The van der Waals surface area contributed by atoms with E-state index in [0.29, 0.717) is 5.56 Å². The molecule has 20 heavy (non-hydrogen) atoms. The predicted molar refractivity (Wildman–Crippen MR) is 58.6 cm³/mol. The quantitative estimate of drug-likeness (QED) is 0.859. The van der Waals surface area contributed by atoms with Crippen LogP contribution < -0.4 is 0 Å². The molecule has 0 spiro atoms. The fourth-order valence-corrected chi connectivity index (χ4v) is 1.57. The molecule has 0 aliphatic rings. The molecule has 2 aromatic rings. The van der Waals surface area contributed by atoms with Gasteiger partial charge in [-0.05, 0) is 24.6 Å². The van der Waals surface area contributed by atoms with Gasteiger partial charge in [0.05, 0.1) is 5.56 Å². The van der Waals surface area contributed by atoms with Gasteiger partial charge in [-0.1, -0.05) is 6.07 Å². The van der Waals surface area contributed by atoms with E-state index < -0.39 is 35.3 Å². The van der Waals surface area contributed by atoms with Crippen molar-refractivity contribution in [3.05, 3.63) is 41.0 Å². The average molecular weight is 289 g/mol. The van der Waals surface area contributed by atoms with Gasteiger partial charge in [-0.2, -0.15) is 13.2 Å². The van der Waals surface area contributed by atoms with E-state index in [2.05, 4.69) is 9.40 Å². The molecule has 2 rings (SSSR count). The van der Waals surface area contributed by atoms with Gasteiger partial charge >= 0.3 is 12.1 Å². The number of aryl methyl sites for hydroxylation is 1. The molecule has 8 heteroatoms. The first-order chi connectivity index (χ1) is 9.20. The fourth-order valence-electron chi connectivity index (χ4n) is 1.57. The van der Waals surface area contributed by atoms with Crippen molar-refractivity contribution in [2.75, 3.05) is 0 Å². The minimum Gasteiger partial charge on any atom is -0.475 e. The van der Waals surface area contributed by atoms with Crippen molar-refractivity contribution in [3.8, 4) is 11.5 Å². The Kier molecular flexibility index (Phi) is 3.24. The molecule has 106 valence electrons. The second kappa shape index (κ2) is 4.62. The maximum absolute atomic E-state index is 13.6. The highest BCUT2D eigenvalue weighted by Gasteiger charge is 2.41. The molecule has 0 bridgehead atoms. The molecule has 1 aromatic heterocycles. The van der Waals surface area contributed by atoms with E-state index in [1.54, 1.807) is 6.92 Å². The van der Waals surface area contributed by atoms with E-state index in [1.165, 1.54) is 12.1 Å². The van der Waals surface area contributed by atoms with Crippen molar-refractivity contribution in [2.45, 2.75) is 13.1 Å². The maximum Gasteiger partial charge on any atom is 0.437 e. The Balaban J connectivity index is 2.62. The third-order valence-electron chi connectivity index (χ3n) is 2.44. The monoisotopic (exact) mass is 289 g/mol. The van der Waals surface area contributed by atoms with Crippen LogP contribution >= 0.6 is 0 Å². The number of hydrogen-bond donors (Lipinski definition) is 1. The lowest BCUT2D eigenvalue weighted by molar-refractivity contribution is -0.141. The van der Waals surface area contributed by atoms with Gasteiger partial charge in [-0.3, -0.25) is 0 Å². The third-order valence-corrected chi connectivity index (χ3v) is 2.44. The highest BCUT2D eigenvalue weighted by molar-refractivity contribution is 5.86. The number of carboxylic acid groups (broad SMARTS) is 1. The van der Waals surface area contributed by atoms with Crippen molar-refractivity contribution < 1.29 is 31.9 Å². The van der Waals surface area contributed by atoms with Gasteiger partial charge in [0.15, 0.2) is 5.69 Å². The molecule has 1 heterocycles. The Bertz CT molecular complexity index is 676. The van der Waals surface area contributed by atoms with E-state index >= 15 is 0 Å². The summed E-state index contributed by atoms with van der Waals surface area (Å²) in [5, 5.41) is 8.68. The maximum atomic E-state index is 13.6. The minimum atomic E-state index is -5.00. The van der Waals surface area contributed by atoms with Gasteiger partial charge in [0.25, 0.3) is 0 Å². The molecule has 0 amide bonds. The molecule has 0 aliphatic heterocycles. The smallest absolute Gasteiger partial charge is 0.437 e. The summed E-state index contributed by atoms with van der Waals surface area (Å²) in [7, 11) is 0.